The zero-order valence-electron chi connectivity index (χ0n) is 16.9. The number of ether oxygens (including phenoxy) is 1. The van der Waals surface area contributed by atoms with Crippen LogP contribution < -0.4 is 21.3 Å². The first-order valence-electron chi connectivity index (χ1n) is 9.52. The van der Waals surface area contributed by atoms with Crippen LogP contribution in [0.25, 0.3) is 0 Å². The number of alkyl carbamates (subject to hydrolysis) is 1. The molecule has 1 aliphatic rings. The van der Waals surface area contributed by atoms with Crippen LogP contribution in [0, 0.1) is 11.7 Å². The van der Waals surface area contributed by atoms with E-state index in [9.17, 15) is 9.18 Å². The largest absolute Gasteiger partial charge is 0.444 e. The average Bonchev–Trinajstić information content (AvgIpc) is 2.57. The monoisotopic (exact) mass is 402 g/mol. The lowest BCUT2D eigenvalue weighted by Gasteiger charge is -2.40. The molecule has 0 atom stereocenters. The summed E-state index contributed by atoms with van der Waals surface area (Å²) in [6.07, 6.45) is -0.411. The van der Waals surface area contributed by atoms with Gasteiger partial charge in [-0.2, -0.15) is 9.97 Å². The number of nitrogens with zero attached hydrogens (tertiary/aromatic N) is 3. The smallest absolute Gasteiger partial charge is 0.407 e. The second-order valence-corrected chi connectivity index (χ2v) is 8.11. The highest BCUT2D eigenvalue weighted by atomic mass is 19.1. The summed E-state index contributed by atoms with van der Waals surface area (Å²) in [5.41, 5.74) is 6.13. The molecule has 9 heteroatoms. The van der Waals surface area contributed by atoms with E-state index >= 15 is 0 Å². The Labute approximate surface area is 169 Å². The molecule has 8 nitrogen and oxygen atoms in total. The molecular weight excluding hydrogens is 375 g/mol. The van der Waals surface area contributed by atoms with Crippen molar-refractivity contribution in [3.8, 4) is 0 Å². The first-order valence-corrected chi connectivity index (χ1v) is 9.52. The number of carbonyl (C=O) groups is 1. The van der Waals surface area contributed by atoms with Gasteiger partial charge >= 0.3 is 6.09 Å². The number of nitrogens with one attached hydrogen (secondary N) is 2. The van der Waals surface area contributed by atoms with Gasteiger partial charge in [0.05, 0.1) is 0 Å². The number of anilines is 3. The van der Waals surface area contributed by atoms with Crippen molar-refractivity contribution in [3.05, 3.63) is 41.7 Å². The van der Waals surface area contributed by atoms with Crippen molar-refractivity contribution in [1.29, 1.82) is 0 Å². The van der Waals surface area contributed by atoms with Crippen LogP contribution in [0.5, 0.6) is 0 Å². The Kier molecular flexibility index (Phi) is 6.05. The van der Waals surface area contributed by atoms with Crippen molar-refractivity contribution in [2.75, 3.05) is 35.6 Å². The normalized spacial score (nSPS) is 14.3. The summed E-state index contributed by atoms with van der Waals surface area (Å²) >= 11 is 0. The van der Waals surface area contributed by atoms with Gasteiger partial charge in [-0.1, -0.05) is 12.1 Å². The molecule has 0 saturated carbocycles. The molecule has 1 fully saturated rings. The van der Waals surface area contributed by atoms with Gasteiger partial charge in [0.2, 0.25) is 5.95 Å². The van der Waals surface area contributed by atoms with E-state index in [2.05, 4.69) is 25.5 Å². The van der Waals surface area contributed by atoms with Crippen LogP contribution in [0.1, 0.15) is 26.3 Å². The number of nitrogen functional groups attached to an aromatic ring is 1. The molecule has 29 heavy (non-hydrogen) atoms. The molecule has 156 valence electrons. The lowest BCUT2D eigenvalue weighted by atomic mass is 10.0. The maximum absolute atomic E-state index is 13.3. The van der Waals surface area contributed by atoms with Crippen LogP contribution in [0.4, 0.5) is 26.8 Å². The van der Waals surface area contributed by atoms with E-state index in [1.165, 1.54) is 12.1 Å². The second kappa shape index (κ2) is 8.50. The quantitative estimate of drug-likeness (QED) is 0.682. The van der Waals surface area contributed by atoms with Gasteiger partial charge < -0.3 is 26.0 Å². The van der Waals surface area contributed by atoms with Crippen molar-refractivity contribution < 1.29 is 13.9 Å². The number of carbonyl (C=O) groups excluding carboxylic acids is 1. The lowest BCUT2D eigenvalue weighted by molar-refractivity contribution is 0.0516. The Morgan fingerprint density at radius 2 is 2.07 bits per heavy atom. The molecule has 0 bridgehead atoms. The van der Waals surface area contributed by atoms with Gasteiger partial charge in [-0.3, -0.25) is 0 Å². The van der Waals surface area contributed by atoms with Gasteiger partial charge in [0.15, 0.2) is 0 Å². The maximum Gasteiger partial charge on any atom is 0.407 e. The molecular formula is C20H27FN6O2. The van der Waals surface area contributed by atoms with E-state index < -0.39 is 11.7 Å². The molecule has 0 spiro atoms. The van der Waals surface area contributed by atoms with E-state index in [-0.39, 0.29) is 11.8 Å². The number of halogens is 1. The summed E-state index contributed by atoms with van der Waals surface area (Å²) in [4.78, 5) is 22.3. The minimum absolute atomic E-state index is 0.166. The van der Waals surface area contributed by atoms with Gasteiger partial charge in [-0.25, -0.2) is 9.18 Å². The number of hydrogen-bond acceptors (Lipinski definition) is 7. The first-order chi connectivity index (χ1) is 13.7. The Morgan fingerprint density at radius 1 is 1.31 bits per heavy atom. The summed E-state index contributed by atoms with van der Waals surface area (Å²) in [5, 5.41) is 5.94. The predicted octanol–water partition coefficient (Wildman–Crippen LogP) is 2.77. The Morgan fingerprint density at radius 3 is 2.76 bits per heavy atom. The fraction of sp³-hybridized carbons (Fsp3) is 0.450. The van der Waals surface area contributed by atoms with Crippen molar-refractivity contribution in [2.45, 2.75) is 32.9 Å². The lowest BCUT2D eigenvalue weighted by Crippen LogP contribution is -2.52. The molecule has 1 aliphatic heterocycles. The van der Waals surface area contributed by atoms with Gasteiger partial charge in [-0.15, -0.1) is 0 Å². The van der Waals surface area contributed by atoms with Crippen LogP contribution >= 0.6 is 0 Å². The molecule has 1 saturated heterocycles. The van der Waals surface area contributed by atoms with E-state index in [1.807, 2.05) is 32.9 Å². The minimum atomic E-state index is -0.511. The zero-order valence-corrected chi connectivity index (χ0v) is 16.9. The van der Waals surface area contributed by atoms with E-state index in [0.29, 0.717) is 30.6 Å². The number of hydrogen-bond donors (Lipinski definition) is 3. The third kappa shape index (κ3) is 6.20. The molecule has 3 rings (SSSR count). The molecule has 2 heterocycles. The van der Waals surface area contributed by atoms with Gasteiger partial charge in [0.25, 0.3) is 0 Å². The SMILES string of the molecule is CC(C)(C)OC(=O)NCC1CN(c2cc(NCc3cccc(F)c3)nc(N)n2)C1. The predicted molar refractivity (Wildman–Crippen MR) is 110 cm³/mol. The molecule has 0 radical (unpaired) electrons. The third-order valence-electron chi connectivity index (χ3n) is 4.31. The second-order valence-electron chi connectivity index (χ2n) is 8.11. The summed E-state index contributed by atoms with van der Waals surface area (Å²) in [7, 11) is 0. The van der Waals surface area contributed by atoms with Crippen molar-refractivity contribution in [2.24, 2.45) is 5.92 Å². The van der Waals surface area contributed by atoms with E-state index in [4.69, 9.17) is 10.5 Å². The van der Waals surface area contributed by atoms with Crippen molar-refractivity contribution >= 4 is 23.7 Å². The molecule has 4 N–H and O–H groups in total. The zero-order chi connectivity index (χ0) is 21.0. The Bertz CT molecular complexity index is 864. The number of amides is 1. The van der Waals surface area contributed by atoms with Crippen LogP contribution in [-0.4, -0.2) is 41.3 Å². The van der Waals surface area contributed by atoms with Gasteiger partial charge in [-0.05, 0) is 38.5 Å². The molecule has 1 aromatic heterocycles. The molecule has 0 aliphatic carbocycles. The number of benzene rings is 1. The fourth-order valence-corrected chi connectivity index (χ4v) is 2.97. The first kappa shape index (κ1) is 20.6. The average molecular weight is 402 g/mol. The topological polar surface area (TPSA) is 105 Å². The summed E-state index contributed by atoms with van der Waals surface area (Å²) in [6, 6.07) is 8.18. The van der Waals surface area contributed by atoms with Crippen LogP contribution in [-0.2, 0) is 11.3 Å². The fourth-order valence-electron chi connectivity index (χ4n) is 2.97. The summed E-state index contributed by atoms with van der Waals surface area (Å²) in [6.45, 7) is 7.95. The number of aromatic nitrogens is 2. The van der Waals surface area contributed by atoms with Crippen LogP contribution in [0.3, 0.4) is 0 Å². The Balaban J connectivity index is 1.50. The highest BCUT2D eigenvalue weighted by Gasteiger charge is 2.29. The van der Waals surface area contributed by atoms with Crippen LogP contribution in [0.2, 0.25) is 0 Å². The molecule has 1 aromatic carbocycles. The van der Waals surface area contributed by atoms with Crippen molar-refractivity contribution in [3.63, 3.8) is 0 Å². The highest BCUT2D eigenvalue weighted by Crippen LogP contribution is 2.25. The molecule has 0 unspecified atom stereocenters. The molecule has 2 aromatic rings. The number of nitrogens with two attached hydrogens (primary N) is 1. The van der Waals surface area contributed by atoms with E-state index in [1.54, 1.807) is 6.07 Å². The highest BCUT2D eigenvalue weighted by molar-refractivity contribution is 5.67. The molecule has 1 amide bonds. The van der Waals surface area contributed by atoms with E-state index in [0.717, 1.165) is 18.7 Å². The minimum Gasteiger partial charge on any atom is -0.444 e. The number of rotatable bonds is 6. The van der Waals surface area contributed by atoms with Crippen LogP contribution in [0.15, 0.2) is 30.3 Å². The van der Waals surface area contributed by atoms with Gasteiger partial charge in [0.1, 0.15) is 23.1 Å². The Hall–Kier alpha value is -3.10. The van der Waals surface area contributed by atoms with Gasteiger partial charge in [0, 0.05) is 38.2 Å². The summed E-state index contributed by atoms with van der Waals surface area (Å²) < 4.78 is 18.5. The standard InChI is InChI=1S/C20H27FN6O2/c1-20(2,3)29-19(28)24-10-14-11-27(12-14)17-8-16(25-18(22)26-17)23-9-13-5-4-6-15(21)7-13/h4-8,14H,9-12H2,1-3H3,(H,24,28)(H3,22,23,25,26). The summed E-state index contributed by atoms with van der Waals surface area (Å²) in [5.74, 6) is 1.49. The third-order valence-corrected chi connectivity index (χ3v) is 4.31. The van der Waals surface area contributed by atoms with Crippen molar-refractivity contribution in [1.82, 2.24) is 15.3 Å². The maximum atomic E-state index is 13.3.